The van der Waals surface area contributed by atoms with E-state index in [0.29, 0.717) is 18.7 Å². The standard InChI is InChI=1S/C31H36FN3O2/c1-23-20-24(2)22-27(21-23)37-19-9-8-18-35-29-11-6-5-10-28(29)34-30(35)12-4-3-7-17-33-31(36)25-13-15-26(32)16-14-25/h5-6,10-11,13-16,20-22H,3-4,7-9,12,17-19H2,1-2H3,(H,33,36). The van der Waals surface area contributed by atoms with E-state index in [9.17, 15) is 9.18 Å². The first-order chi connectivity index (χ1) is 18.0. The van der Waals surface area contributed by atoms with Crippen LogP contribution in [0.25, 0.3) is 11.0 Å². The Hall–Kier alpha value is -3.67. The average molecular weight is 502 g/mol. The van der Waals surface area contributed by atoms with Gasteiger partial charge in [-0.2, -0.15) is 0 Å². The van der Waals surface area contributed by atoms with Crippen LogP contribution in [0.2, 0.25) is 0 Å². The minimum Gasteiger partial charge on any atom is -0.494 e. The number of hydrogen-bond acceptors (Lipinski definition) is 3. The molecular weight excluding hydrogens is 465 g/mol. The molecular formula is C31H36FN3O2. The van der Waals surface area contributed by atoms with Gasteiger partial charge in [0.2, 0.25) is 0 Å². The number of unbranched alkanes of at least 4 members (excludes halogenated alkanes) is 3. The number of fused-ring (bicyclic) bond motifs is 1. The molecule has 0 saturated heterocycles. The number of carbonyl (C=O) groups is 1. The van der Waals surface area contributed by atoms with Crippen LogP contribution in [0.4, 0.5) is 4.39 Å². The minimum atomic E-state index is -0.340. The van der Waals surface area contributed by atoms with Crippen molar-refractivity contribution < 1.29 is 13.9 Å². The first kappa shape index (κ1) is 26.4. The van der Waals surface area contributed by atoms with Crippen LogP contribution in [0, 0.1) is 19.7 Å². The van der Waals surface area contributed by atoms with Gasteiger partial charge in [-0.1, -0.05) is 24.6 Å². The predicted octanol–water partition coefficient (Wildman–Crippen LogP) is 6.79. The van der Waals surface area contributed by atoms with Crippen molar-refractivity contribution in [3.63, 3.8) is 0 Å². The maximum absolute atomic E-state index is 13.0. The summed E-state index contributed by atoms with van der Waals surface area (Å²) >= 11 is 0. The van der Waals surface area contributed by atoms with Crippen molar-refractivity contribution in [1.29, 1.82) is 0 Å². The number of nitrogens with zero attached hydrogens (tertiary/aromatic N) is 2. The second-order valence-electron chi connectivity index (χ2n) is 9.62. The topological polar surface area (TPSA) is 56.1 Å². The van der Waals surface area contributed by atoms with E-state index in [-0.39, 0.29) is 11.7 Å². The molecule has 0 fully saturated rings. The maximum atomic E-state index is 13.0. The molecule has 0 aliphatic carbocycles. The van der Waals surface area contributed by atoms with Gasteiger partial charge in [-0.05, 0) is 99.2 Å². The second-order valence-corrected chi connectivity index (χ2v) is 9.62. The zero-order chi connectivity index (χ0) is 26.0. The summed E-state index contributed by atoms with van der Waals surface area (Å²) in [5.74, 6) is 1.56. The Bertz CT molecular complexity index is 1290. The lowest BCUT2D eigenvalue weighted by molar-refractivity contribution is 0.0953. The number of halogens is 1. The van der Waals surface area contributed by atoms with Gasteiger partial charge in [-0.3, -0.25) is 4.79 Å². The Kier molecular flexibility index (Phi) is 9.30. The van der Waals surface area contributed by atoms with E-state index >= 15 is 0 Å². The van der Waals surface area contributed by atoms with Gasteiger partial charge in [-0.25, -0.2) is 9.37 Å². The van der Waals surface area contributed by atoms with Crippen LogP contribution in [0.5, 0.6) is 5.75 Å². The van der Waals surface area contributed by atoms with Crippen LogP contribution >= 0.6 is 0 Å². The number of hydrogen-bond donors (Lipinski definition) is 1. The number of benzene rings is 3. The fourth-order valence-electron chi connectivity index (χ4n) is 4.63. The van der Waals surface area contributed by atoms with Crippen LogP contribution in [0.3, 0.4) is 0 Å². The highest BCUT2D eigenvalue weighted by atomic mass is 19.1. The number of aryl methyl sites for hydroxylation is 4. The highest BCUT2D eigenvalue weighted by molar-refractivity contribution is 5.94. The van der Waals surface area contributed by atoms with E-state index in [0.717, 1.165) is 62.2 Å². The second kappa shape index (κ2) is 13.0. The molecule has 1 N–H and O–H groups in total. The molecule has 6 heteroatoms. The van der Waals surface area contributed by atoms with E-state index < -0.39 is 0 Å². The normalized spacial score (nSPS) is 11.1. The number of para-hydroxylation sites is 2. The predicted molar refractivity (Wildman–Crippen MR) is 147 cm³/mol. The number of amides is 1. The monoisotopic (exact) mass is 501 g/mol. The number of rotatable bonds is 13. The van der Waals surface area contributed by atoms with Crippen LogP contribution in [0.15, 0.2) is 66.7 Å². The summed E-state index contributed by atoms with van der Waals surface area (Å²) in [6, 6.07) is 20.3. The molecule has 0 aliphatic rings. The minimum absolute atomic E-state index is 0.164. The van der Waals surface area contributed by atoms with Crippen molar-refractivity contribution in [2.75, 3.05) is 13.2 Å². The molecule has 4 rings (SSSR count). The molecule has 4 aromatic rings. The van der Waals surface area contributed by atoms with Gasteiger partial charge in [0.25, 0.3) is 5.91 Å². The zero-order valence-electron chi connectivity index (χ0n) is 21.8. The molecule has 3 aromatic carbocycles. The molecule has 0 bridgehead atoms. The van der Waals surface area contributed by atoms with E-state index in [1.54, 1.807) is 0 Å². The Morgan fingerprint density at radius 1 is 0.919 bits per heavy atom. The summed E-state index contributed by atoms with van der Waals surface area (Å²) in [4.78, 5) is 17.1. The molecule has 0 radical (unpaired) electrons. The molecule has 1 amide bonds. The summed E-state index contributed by atoms with van der Waals surface area (Å²) in [7, 11) is 0. The van der Waals surface area contributed by atoms with Crippen LogP contribution in [-0.4, -0.2) is 28.6 Å². The van der Waals surface area contributed by atoms with Crippen molar-refractivity contribution in [2.45, 2.75) is 58.9 Å². The molecule has 1 heterocycles. The Labute approximate surface area is 218 Å². The Morgan fingerprint density at radius 2 is 1.68 bits per heavy atom. The largest absolute Gasteiger partial charge is 0.494 e. The van der Waals surface area contributed by atoms with E-state index in [4.69, 9.17) is 9.72 Å². The van der Waals surface area contributed by atoms with Crippen molar-refractivity contribution in [1.82, 2.24) is 14.9 Å². The summed E-state index contributed by atoms with van der Waals surface area (Å²) in [5, 5.41) is 2.91. The van der Waals surface area contributed by atoms with Crippen molar-refractivity contribution in [3.05, 3.63) is 95.1 Å². The number of ether oxygens (including phenoxy) is 1. The SMILES string of the molecule is Cc1cc(C)cc(OCCCCn2c(CCCCCNC(=O)c3ccc(F)cc3)nc3ccccc32)c1. The van der Waals surface area contributed by atoms with Gasteiger partial charge in [0.05, 0.1) is 17.6 Å². The van der Waals surface area contributed by atoms with Gasteiger partial charge in [0, 0.05) is 25.1 Å². The fraction of sp³-hybridized carbons (Fsp3) is 0.355. The van der Waals surface area contributed by atoms with Crippen molar-refractivity contribution in [3.8, 4) is 5.75 Å². The van der Waals surface area contributed by atoms with Gasteiger partial charge < -0.3 is 14.6 Å². The third-order valence-electron chi connectivity index (χ3n) is 6.44. The number of imidazole rings is 1. The first-order valence-corrected chi connectivity index (χ1v) is 13.2. The molecule has 0 atom stereocenters. The molecule has 0 saturated carbocycles. The summed E-state index contributed by atoms with van der Waals surface area (Å²) in [5.41, 5.74) is 5.14. The average Bonchev–Trinajstić information content (AvgIpc) is 3.23. The third-order valence-corrected chi connectivity index (χ3v) is 6.44. The summed E-state index contributed by atoms with van der Waals surface area (Å²) in [6.45, 7) is 6.41. The van der Waals surface area contributed by atoms with Gasteiger partial charge in [0.15, 0.2) is 0 Å². The maximum Gasteiger partial charge on any atom is 0.251 e. The highest BCUT2D eigenvalue weighted by Gasteiger charge is 2.10. The van der Waals surface area contributed by atoms with Gasteiger partial charge in [-0.15, -0.1) is 0 Å². The molecule has 1 aromatic heterocycles. The quantitative estimate of drug-likeness (QED) is 0.205. The highest BCUT2D eigenvalue weighted by Crippen LogP contribution is 2.20. The zero-order valence-corrected chi connectivity index (χ0v) is 21.8. The molecule has 37 heavy (non-hydrogen) atoms. The molecule has 0 spiro atoms. The van der Waals surface area contributed by atoms with Crippen molar-refractivity contribution >= 4 is 16.9 Å². The third kappa shape index (κ3) is 7.66. The van der Waals surface area contributed by atoms with Gasteiger partial charge in [0.1, 0.15) is 17.4 Å². The molecule has 5 nitrogen and oxygen atoms in total. The number of nitrogens with one attached hydrogen (secondary N) is 1. The molecule has 0 unspecified atom stereocenters. The van der Waals surface area contributed by atoms with Crippen LogP contribution < -0.4 is 10.1 Å². The number of aromatic nitrogens is 2. The lowest BCUT2D eigenvalue weighted by atomic mass is 10.1. The van der Waals surface area contributed by atoms with Gasteiger partial charge >= 0.3 is 0 Å². The fourth-order valence-corrected chi connectivity index (χ4v) is 4.63. The van der Waals surface area contributed by atoms with Crippen LogP contribution in [0.1, 0.15) is 59.4 Å². The first-order valence-electron chi connectivity index (χ1n) is 13.2. The molecule has 194 valence electrons. The van der Waals surface area contributed by atoms with Crippen LogP contribution in [-0.2, 0) is 13.0 Å². The number of carbonyl (C=O) groups excluding carboxylic acids is 1. The summed E-state index contributed by atoms with van der Waals surface area (Å²) in [6.07, 6.45) is 5.80. The van der Waals surface area contributed by atoms with E-state index in [1.165, 1.54) is 40.9 Å². The Morgan fingerprint density at radius 3 is 2.46 bits per heavy atom. The lowest BCUT2D eigenvalue weighted by Crippen LogP contribution is -2.24. The van der Waals surface area contributed by atoms with E-state index in [1.807, 2.05) is 6.07 Å². The summed E-state index contributed by atoms with van der Waals surface area (Å²) < 4.78 is 21.4. The van der Waals surface area contributed by atoms with Crippen molar-refractivity contribution in [2.24, 2.45) is 0 Å². The Balaban J connectivity index is 1.22. The van der Waals surface area contributed by atoms with E-state index in [2.05, 4.69) is 60.1 Å². The lowest BCUT2D eigenvalue weighted by Gasteiger charge is -2.11. The smallest absolute Gasteiger partial charge is 0.251 e. The molecule has 0 aliphatic heterocycles.